The number of aryl methyl sites for hydroxylation is 2. The van der Waals surface area contributed by atoms with Crippen molar-refractivity contribution in [1.29, 1.82) is 0 Å². The van der Waals surface area contributed by atoms with E-state index in [9.17, 15) is 14.4 Å². The maximum atomic E-state index is 12.9. The lowest BCUT2D eigenvalue weighted by molar-refractivity contribution is -0.122. The number of aromatic nitrogens is 2. The molecule has 0 aromatic carbocycles. The molecule has 156 valence electrons. The topological polar surface area (TPSA) is 102 Å². The standard InChI is InChI=1S/C20H26N4O4S/c25-16(22-10-13-4-3-9-28-13)7-8-21-17(26)11-24-12-23-19-18(20(24)27)14-5-1-2-6-15(14)29-19/h12-13H,1-11H2,(H,21,26)(H,22,25). The second-order valence-corrected chi connectivity index (χ2v) is 8.69. The van der Waals surface area contributed by atoms with E-state index in [1.54, 1.807) is 11.3 Å². The second kappa shape index (κ2) is 9.04. The van der Waals surface area contributed by atoms with E-state index < -0.39 is 0 Å². The van der Waals surface area contributed by atoms with Gasteiger partial charge in [0.1, 0.15) is 11.4 Å². The van der Waals surface area contributed by atoms with Gasteiger partial charge in [0.15, 0.2) is 0 Å². The number of hydrogen-bond donors (Lipinski definition) is 2. The molecule has 1 saturated heterocycles. The van der Waals surface area contributed by atoms with Crippen LogP contribution in [-0.2, 0) is 33.7 Å². The first kappa shape index (κ1) is 20.0. The molecular formula is C20H26N4O4S. The summed E-state index contributed by atoms with van der Waals surface area (Å²) in [5, 5.41) is 6.20. The van der Waals surface area contributed by atoms with Crippen LogP contribution in [0, 0.1) is 0 Å². The Hall–Kier alpha value is -2.26. The minimum Gasteiger partial charge on any atom is -0.376 e. The molecule has 0 spiro atoms. The van der Waals surface area contributed by atoms with Gasteiger partial charge in [-0.3, -0.25) is 19.0 Å². The lowest BCUT2D eigenvalue weighted by Gasteiger charge is -2.11. The van der Waals surface area contributed by atoms with Gasteiger partial charge in [-0.15, -0.1) is 11.3 Å². The van der Waals surface area contributed by atoms with Crippen molar-refractivity contribution in [1.82, 2.24) is 20.2 Å². The normalized spacial score (nSPS) is 18.6. The molecule has 0 radical (unpaired) electrons. The molecule has 2 aromatic rings. The van der Waals surface area contributed by atoms with Crippen LogP contribution in [0.1, 0.15) is 42.5 Å². The van der Waals surface area contributed by atoms with Gasteiger partial charge in [0.2, 0.25) is 11.8 Å². The van der Waals surface area contributed by atoms with E-state index in [0.29, 0.717) is 11.9 Å². The third kappa shape index (κ3) is 4.67. The molecule has 1 aliphatic heterocycles. The number of rotatable bonds is 7. The van der Waals surface area contributed by atoms with Gasteiger partial charge >= 0.3 is 0 Å². The predicted molar refractivity (Wildman–Crippen MR) is 110 cm³/mol. The summed E-state index contributed by atoms with van der Waals surface area (Å²) in [5.41, 5.74) is 0.963. The zero-order chi connectivity index (χ0) is 20.2. The average molecular weight is 419 g/mol. The summed E-state index contributed by atoms with van der Waals surface area (Å²) in [6.07, 6.45) is 7.89. The minimum atomic E-state index is -0.302. The van der Waals surface area contributed by atoms with Gasteiger partial charge in [-0.1, -0.05) is 0 Å². The summed E-state index contributed by atoms with van der Waals surface area (Å²) in [5.74, 6) is -0.421. The highest BCUT2D eigenvalue weighted by Gasteiger charge is 2.20. The molecule has 2 amide bonds. The molecule has 1 fully saturated rings. The SMILES string of the molecule is O=C(CCNC(=O)Cn1cnc2sc3c(c2c1=O)CCCC3)NCC1CCCO1. The number of nitrogens with one attached hydrogen (secondary N) is 2. The molecule has 9 heteroatoms. The molecule has 2 N–H and O–H groups in total. The third-order valence-corrected chi connectivity index (χ3v) is 6.68. The largest absolute Gasteiger partial charge is 0.376 e. The Balaban J connectivity index is 1.29. The van der Waals surface area contributed by atoms with E-state index in [-0.39, 0.29) is 43.0 Å². The highest BCUT2D eigenvalue weighted by molar-refractivity contribution is 7.18. The molecule has 3 heterocycles. The van der Waals surface area contributed by atoms with Crippen molar-refractivity contribution in [3.63, 3.8) is 0 Å². The van der Waals surface area contributed by atoms with E-state index in [0.717, 1.165) is 55.5 Å². The number of nitrogens with zero attached hydrogens (tertiary/aromatic N) is 2. The van der Waals surface area contributed by atoms with Gasteiger partial charge in [-0.2, -0.15) is 0 Å². The molecule has 2 aliphatic rings. The van der Waals surface area contributed by atoms with Crippen molar-refractivity contribution in [2.24, 2.45) is 0 Å². The second-order valence-electron chi connectivity index (χ2n) is 7.61. The highest BCUT2D eigenvalue weighted by Crippen LogP contribution is 2.33. The molecule has 0 saturated carbocycles. The molecule has 1 aliphatic carbocycles. The van der Waals surface area contributed by atoms with Crippen LogP contribution < -0.4 is 16.2 Å². The average Bonchev–Trinajstić information content (AvgIpc) is 3.36. The van der Waals surface area contributed by atoms with Crippen molar-refractivity contribution in [3.8, 4) is 0 Å². The first-order valence-electron chi connectivity index (χ1n) is 10.3. The summed E-state index contributed by atoms with van der Waals surface area (Å²) in [4.78, 5) is 43.4. The Bertz CT molecular complexity index is 961. The number of ether oxygens (including phenoxy) is 1. The smallest absolute Gasteiger partial charge is 0.262 e. The van der Waals surface area contributed by atoms with E-state index in [1.165, 1.54) is 15.8 Å². The Kier molecular flexibility index (Phi) is 6.25. The van der Waals surface area contributed by atoms with E-state index in [1.807, 2.05) is 0 Å². The first-order valence-corrected chi connectivity index (χ1v) is 11.1. The minimum absolute atomic E-state index is 0.0933. The van der Waals surface area contributed by atoms with Gasteiger partial charge in [-0.05, 0) is 44.1 Å². The van der Waals surface area contributed by atoms with Crippen LogP contribution in [-0.4, -0.2) is 47.2 Å². The highest BCUT2D eigenvalue weighted by atomic mass is 32.1. The summed E-state index contributed by atoms with van der Waals surface area (Å²) in [6.45, 7) is 1.40. The maximum absolute atomic E-state index is 12.9. The van der Waals surface area contributed by atoms with Crippen LogP contribution in [0.15, 0.2) is 11.1 Å². The number of thiophene rings is 1. The summed E-state index contributed by atoms with van der Waals surface area (Å²) in [7, 11) is 0. The van der Waals surface area contributed by atoms with Crippen LogP contribution in [0.2, 0.25) is 0 Å². The number of carbonyl (C=O) groups excluding carboxylic acids is 2. The zero-order valence-electron chi connectivity index (χ0n) is 16.4. The van der Waals surface area contributed by atoms with Crippen molar-refractivity contribution in [3.05, 3.63) is 27.1 Å². The molecule has 1 unspecified atom stereocenters. The van der Waals surface area contributed by atoms with Crippen molar-refractivity contribution < 1.29 is 14.3 Å². The van der Waals surface area contributed by atoms with Gasteiger partial charge < -0.3 is 15.4 Å². The summed E-state index contributed by atoms with van der Waals surface area (Å²) in [6, 6.07) is 0. The van der Waals surface area contributed by atoms with Crippen molar-refractivity contribution in [2.45, 2.75) is 57.6 Å². The Morgan fingerprint density at radius 3 is 2.90 bits per heavy atom. The van der Waals surface area contributed by atoms with Gasteiger partial charge in [-0.25, -0.2) is 4.98 Å². The third-order valence-electron chi connectivity index (χ3n) is 5.48. The fraction of sp³-hybridized carbons (Fsp3) is 0.600. The Labute approximate surface area is 172 Å². The number of amides is 2. The van der Waals surface area contributed by atoms with Crippen LogP contribution in [0.25, 0.3) is 10.2 Å². The van der Waals surface area contributed by atoms with Gasteiger partial charge in [0.05, 0.1) is 17.8 Å². The molecule has 2 aromatic heterocycles. The van der Waals surface area contributed by atoms with E-state index in [4.69, 9.17) is 4.74 Å². The van der Waals surface area contributed by atoms with Crippen molar-refractivity contribution >= 4 is 33.4 Å². The van der Waals surface area contributed by atoms with Crippen molar-refractivity contribution in [2.75, 3.05) is 19.7 Å². The molecule has 0 bridgehead atoms. The zero-order valence-corrected chi connectivity index (χ0v) is 17.2. The lowest BCUT2D eigenvalue weighted by Crippen LogP contribution is -2.36. The summed E-state index contributed by atoms with van der Waals surface area (Å²) < 4.78 is 6.82. The first-order chi connectivity index (χ1) is 14.1. The summed E-state index contributed by atoms with van der Waals surface area (Å²) >= 11 is 1.59. The van der Waals surface area contributed by atoms with Crippen LogP contribution in [0.5, 0.6) is 0 Å². The molecule has 29 heavy (non-hydrogen) atoms. The van der Waals surface area contributed by atoms with E-state index >= 15 is 0 Å². The fourth-order valence-electron chi connectivity index (χ4n) is 3.94. The predicted octanol–water partition coefficient (Wildman–Crippen LogP) is 1.14. The monoisotopic (exact) mass is 418 g/mol. The molecule has 4 rings (SSSR count). The molecule has 8 nitrogen and oxygen atoms in total. The lowest BCUT2D eigenvalue weighted by atomic mass is 9.97. The molecular weight excluding hydrogens is 392 g/mol. The van der Waals surface area contributed by atoms with Crippen LogP contribution in [0.4, 0.5) is 0 Å². The van der Waals surface area contributed by atoms with E-state index in [2.05, 4.69) is 15.6 Å². The Morgan fingerprint density at radius 2 is 2.07 bits per heavy atom. The number of fused-ring (bicyclic) bond motifs is 3. The Morgan fingerprint density at radius 1 is 1.21 bits per heavy atom. The maximum Gasteiger partial charge on any atom is 0.262 e. The molecule has 1 atom stereocenters. The number of carbonyl (C=O) groups is 2. The van der Waals surface area contributed by atoms with Gasteiger partial charge in [0.25, 0.3) is 5.56 Å². The quantitative estimate of drug-likeness (QED) is 0.702. The fourth-order valence-corrected chi connectivity index (χ4v) is 5.16. The van der Waals surface area contributed by atoms with Crippen LogP contribution in [0.3, 0.4) is 0 Å². The van der Waals surface area contributed by atoms with Crippen LogP contribution >= 0.6 is 11.3 Å². The van der Waals surface area contributed by atoms with Gasteiger partial charge in [0, 0.05) is 31.0 Å². The number of hydrogen-bond acceptors (Lipinski definition) is 6.